The molecule has 0 saturated carbocycles. The lowest BCUT2D eigenvalue weighted by Gasteiger charge is -2.12. The van der Waals surface area contributed by atoms with Gasteiger partial charge in [-0.05, 0) is 65.4 Å². The van der Waals surface area contributed by atoms with E-state index in [0.717, 1.165) is 5.56 Å². The minimum atomic E-state index is -1.11. The van der Waals surface area contributed by atoms with Crippen LogP contribution in [0.25, 0.3) is 6.08 Å². The van der Waals surface area contributed by atoms with Crippen LogP contribution in [-0.4, -0.2) is 30.7 Å². The maximum atomic E-state index is 12.4. The largest absolute Gasteiger partial charge is 0.493 e. The minimum absolute atomic E-state index is 0.0855. The number of halogens is 1. The zero-order valence-electron chi connectivity index (χ0n) is 15.2. The van der Waals surface area contributed by atoms with Crippen molar-refractivity contribution in [2.45, 2.75) is 6.92 Å². The monoisotopic (exact) mass is 492 g/mol. The highest BCUT2D eigenvalue weighted by Crippen LogP contribution is 2.34. The van der Waals surface area contributed by atoms with Gasteiger partial charge in [0.05, 0.1) is 10.7 Å². The Morgan fingerprint density at radius 3 is 2.54 bits per heavy atom. The van der Waals surface area contributed by atoms with Gasteiger partial charge in [-0.2, -0.15) is 5.26 Å². The molecule has 0 unspecified atom stereocenters. The lowest BCUT2D eigenvalue weighted by molar-refractivity contribution is -0.139. The molecule has 0 aliphatic rings. The summed E-state index contributed by atoms with van der Waals surface area (Å²) in [6.07, 6.45) is 1.43. The second-order valence-corrected chi connectivity index (χ2v) is 6.87. The second kappa shape index (κ2) is 9.75. The molecule has 2 aromatic carbocycles. The molecule has 0 heterocycles. The van der Waals surface area contributed by atoms with Gasteiger partial charge in [0, 0.05) is 5.69 Å². The lowest BCUT2D eigenvalue weighted by atomic mass is 10.1. The number of benzene rings is 2. The molecular formula is C20H17IN2O5. The van der Waals surface area contributed by atoms with E-state index in [-0.39, 0.29) is 11.3 Å². The number of amides is 1. The van der Waals surface area contributed by atoms with E-state index in [1.165, 1.54) is 13.2 Å². The first kappa shape index (κ1) is 21.2. The van der Waals surface area contributed by atoms with Crippen molar-refractivity contribution in [1.29, 1.82) is 5.26 Å². The van der Waals surface area contributed by atoms with Crippen molar-refractivity contribution in [3.05, 3.63) is 56.7 Å². The maximum absolute atomic E-state index is 12.4. The molecule has 28 heavy (non-hydrogen) atoms. The van der Waals surface area contributed by atoms with Crippen molar-refractivity contribution in [2.24, 2.45) is 0 Å². The molecule has 1 amide bonds. The highest BCUT2D eigenvalue weighted by molar-refractivity contribution is 14.1. The smallest absolute Gasteiger partial charge is 0.341 e. The average Bonchev–Trinajstić information content (AvgIpc) is 2.66. The summed E-state index contributed by atoms with van der Waals surface area (Å²) in [6, 6.07) is 12.3. The van der Waals surface area contributed by atoms with Crippen LogP contribution in [0.3, 0.4) is 0 Å². The minimum Gasteiger partial charge on any atom is -0.493 e. The van der Waals surface area contributed by atoms with Crippen molar-refractivity contribution in [3.8, 4) is 17.6 Å². The predicted octanol–water partition coefficient (Wildman–Crippen LogP) is 3.62. The Labute approximate surface area is 175 Å². The standard InChI is InChI=1S/C20H17IN2O5/c1-12-3-5-15(6-4-12)23-20(26)14(10-22)7-13-8-16(21)19(17(9-13)27-2)28-11-18(24)25/h3-9H,11H2,1-2H3,(H,23,26)(H,24,25)/b14-7+. The van der Waals surface area contributed by atoms with Crippen molar-refractivity contribution in [2.75, 3.05) is 19.0 Å². The first-order valence-electron chi connectivity index (χ1n) is 8.06. The van der Waals surface area contributed by atoms with Gasteiger partial charge in [-0.15, -0.1) is 0 Å². The fraction of sp³-hybridized carbons (Fsp3) is 0.150. The number of nitriles is 1. The van der Waals surface area contributed by atoms with Crippen molar-refractivity contribution in [1.82, 2.24) is 0 Å². The third-order valence-corrected chi connectivity index (χ3v) is 4.38. The Morgan fingerprint density at radius 2 is 1.96 bits per heavy atom. The van der Waals surface area contributed by atoms with Gasteiger partial charge in [-0.25, -0.2) is 4.79 Å². The van der Waals surface area contributed by atoms with Crippen LogP contribution in [0.15, 0.2) is 42.0 Å². The molecule has 7 nitrogen and oxygen atoms in total. The topological polar surface area (TPSA) is 109 Å². The number of nitrogens with zero attached hydrogens (tertiary/aromatic N) is 1. The van der Waals surface area contributed by atoms with E-state index >= 15 is 0 Å². The number of carbonyl (C=O) groups excluding carboxylic acids is 1. The summed E-state index contributed by atoms with van der Waals surface area (Å²) in [5.41, 5.74) is 2.10. The summed E-state index contributed by atoms with van der Waals surface area (Å²) in [4.78, 5) is 23.1. The van der Waals surface area contributed by atoms with Crippen molar-refractivity contribution >= 4 is 46.2 Å². The maximum Gasteiger partial charge on any atom is 0.341 e. The molecule has 0 atom stereocenters. The Bertz CT molecular complexity index is 962. The molecule has 2 N–H and O–H groups in total. The van der Waals surface area contributed by atoms with Gasteiger partial charge in [-0.3, -0.25) is 4.79 Å². The predicted molar refractivity (Wildman–Crippen MR) is 112 cm³/mol. The van der Waals surface area contributed by atoms with E-state index in [4.69, 9.17) is 14.6 Å². The summed E-state index contributed by atoms with van der Waals surface area (Å²) < 4.78 is 11.1. The first-order chi connectivity index (χ1) is 13.3. The van der Waals surface area contributed by atoms with Crippen LogP contribution in [0.1, 0.15) is 11.1 Å². The molecular weight excluding hydrogens is 475 g/mol. The molecule has 2 aromatic rings. The van der Waals surface area contributed by atoms with Gasteiger partial charge < -0.3 is 19.9 Å². The number of carboxylic acids is 1. The molecule has 144 valence electrons. The molecule has 0 aromatic heterocycles. The van der Waals surface area contributed by atoms with Gasteiger partial charge >= 0.3 is 5.97 Å². The zero-order valence-corrected chi connectivity index (χ0v) is 17.3. The van der Waals surface area contributed by atoms with Crippen LogP contribution < -0.4 is 14.8 Å². The number of anilines is 1. The Hall–Kier alpha value is -3.06. The van der Waals surface area contributed by atoms with Crippen LogP contribution in [0.5, 0.6) is 11.5 Å². The Morgan fingerprint density at radius 1 is 1.29 bits per heavy atom. The van der Waals surface area contributed by atoms with Crippen molar-refractivity contribution in [3.63, 3.8) is 0 Å². The van der Waals surface area contributed by atoms with Gasteiger partial charge in [0.2, 0.25) is 0 Å². The lowest BCUT2D eigenvalue weighted by Crippen LogP contribution is -2.13. The zero-order chi connectivity index (χ0) is 20.7. The van der Waals surface area contributed by atoms with E-state index in [1.807, 2.05) is 47.7 Å². The first-order valence-corrected chi connectivity index (χ1v) is 9.14. The normalized spacial score (nSPS) is 10.7. The summed E-state index contributed by atoms with van der Waals surface area (Å²) in [5.74, 6) is -1.06. The molecule has 0 aliphatic heterocycles. The van der Waals surface area contributed by atoms with E-state index in [1.54, 1.807) is 24.3 Å². The molecule has 0 aliphatic carbocycles. The quantitative estimate of drug-likeness (QED) is 0.347. The SMILES string of the molecule is COc1cc(/C=C(\C#N)C(=O)Nc2ccc(C)cc2)cc(I)c1OCC(=O)O. The van der Waals surface area contributed by atoms with Gasteiger partial charge in [0.1, 0.15) is 11.6 Å². The average molecular weight is 492 g/mol. The van der Waals surface area contributed by atoms with Crippen LogP contribution in [-0.2, 0) is 9.59 Å². The Kier molecular flexibility index (Phi) is 7.40. The molecule has 0 spiro atoms. The number of ether oxygens (including phenoxy) is 2. The summed E-state index contributed by atoms with van der Waals surface area (Å²) in [6.45, 7) is 1.43. The van der Waals surface area contributed by atoms with E-state index in [9.17, 15) is 14.9 Å². The van der Waals surface area contributed by atoms with Crippen LogP contribution in [0.4, 0.5) is 5.69 Å². The van der Waals surface area contributed by atoms with E-state index in [0.29, 0.717) is 20.6 Å². The van der Waals surface area contributed by atoms with Crippen LogP contribution in [0, 0.1) is 21.8 Å². The number of rotatable bonds is 7. The molecule has 2 rings (SSSR count). The fourth-order valence-electron chi connectivity index (χ4n) is 2.25. The number of aliphatic carboxylic acids is 1. The van der Waals surface area contributed by atoms with E-state index in [2.05, 4.69) is 5.32 Å². The van der Waals surface area contributed by atoms with Gasteiger partial charge in [-0.1, -0.05) is 17.7 Å². The van der Waals surface area contributed by atoms with Crippen molar-refractivity contribution < 1.29 is 24.2 Å². The number of aryl methyl sites for hydroxylation is 1. The number of hydrogen-bond acceptors (Lipinski definition) is 5. The number of carboxylic acid groups (broad SMARTS) is 1. The summed E-state index contributed by atoms with van der Waals surface area (Å²) >= 11 is 1.97. The van der Waals surface area contributed by atoms with Gasteiger partial charge in [0.15, 0.2) is 18.1 Å². The number of methoxy groups -OCH3 is 1. The van der Waals surface area contributed by atoms with Gasteiger partial charge in [0.25, 0.3) is 5.91 Å². The highest BCUT2D eigenvalue weighted by Gasteiger charge is 2.15. The highest BCUT2D eigenvalue weighted by atomic mass is 127. The molecule has 0 saturated heterocycles. The second-order valence-electron chi connectivity index (χ2n) is 5.71. The number of carbonyl (C=O) groups is 2. The summed E-state index contributed by atoms with van der Waals surface area (Å²) in [7, 11) is 1.42. The Balaban J connectivity index is 2.28. The molecule has 0 bridgehead atoms. The number of hydrogen-bond donors (Lipinski definition) is 2. The third kappa shape index (κ3) is 5.72. The van der Waals surface area contributed by atoms with Crippen LogP contribution in [0.2, 0.25) is 0 Å². The summed E-state index contributed by atoms with van der Waals surface area (Å²) in [5, 5.41) is 20.8. The molecule has 0 radical (unpaired) electrons. The fourth-order valence-corrected chi connectivity index (χ4v) is 3.03. The molecule has 8 heteroatoms. The molecule has 0 fully saturated rings. The van der Waals surface area contributed by atoms with Crippen LogP contribution >= 0.6 is 22.6 Å². The number of nitrogens with one attached hydrogen (secondary N) is 1. The third-order valence-electron chi connectivity index (χ3n) is 3.58. The van der Waals surface area contributed by atoms with E-state index < -0.39 is 18.5 Å².